The first-order valence-electron chi connectivity index (χ1n) is 10.5. The van der Waals surface area contributed by atoms with Crippen molar-refractivity contribution in [2.75, 3.05) is 13.1 Å². The number of hydrogen-bond acceptors (Lipinski definition) is 4. The summed E-state index contributed by atoms with van der Waals surface area (Å²) in [6.07, 6.45) is 5.72. The van der Waals surface area contributed by atoms with Gasteiger partial charge in [-0.25, -0.2) is 4.98 Å². The number of piperidine rings is 1. The third kappa shape index (κ3) is 4.02. The molecule has 4 aromatic rings. The van der Waals surface area contributed by atoms with Crippen LogP contribution in [-0.2, 0) is 6.54 Å². The Bertz CT molecular complexity index is 1080. The first-order chi connectivity index (χ1) is 14.9. The Kier molecular flexibility index (Phi) is 5.36. The van der Waals surface area contributed by atoms with Crippen LogP contribution in [0.2, 0.25) is 0 Å². The number of rotatable bonds is 5. The number of H-pyrrole nitrogens is 1. The number of benzene rings is 2. The van der Waals surface area contributed by atoms with Crippen LogP contribution >= 0.6 is 0 Å². The van der Waals surface area contributed by atoms with Crippen molar-refractivity contribution in [3.05, 3.63) is 90.5 Å². The predicted molar refractivity (Wildman–Crippen MR) is 118 cm³/mol. The molecule has 5 heteroatoms. The van der Waals surface area contributed by atoms with Gasteiger partial charge in [0, 0.05) is 30.4 Å². The molecule has 1 fully saturated rings. The van der Waals surface area contributed by atoms with Crippen molar-refractivity contribution in [1.29, 1.82) is 0 Å². The molecule has 1 aliphatic rings. The number of nitrogens with zero attached hydrogens (tertiary/aromatic N) is 4. The van der Waals surface area contributed by atoms with E-state index >= 15 is 0 Å². The Hall–Kier alpha value is -3.31. The van der Waals surface area contributed by atoms with Crippen molar-refractivity contribution >= 4 is 0 Å². The average Bonchev–Trinajstić information content (AvgIpc) is 3.32. The summed E-state index contributed by atoms with van der Waals surface area (Å²) in [6.45, 7) is 3.06. The number of likely N-dealkylation sites (tertiary alicyclic amines) is 1. The molecule has 0 unspecified atom stereocenters. The summed E-state index contributed by atoms with van der Waals surface area (Å²) in [6, 6.07) is 24.2. The van der Waals surface area contributed by atoms with E-state index in [-0.39, 0.29) is 0 Å². The molecule has 3 heterocycles. The molecule has 0 saturated carbocycles. The Balaban J connectivity index is 1.24. The minimum atomic E-state index is 0.431. The van der Waals surface area contributed by atoms with Gasteiger partial charge >= 0.3 is 0 Å². The van der Waals surface area contributed by atoms with Gasteiger partial charge in [0.05, 0.1) is 0 Å². The molecular formula is C25H24N5. The Morgan fingerprint density at radius 3 is 2.53 bits per heavy atom. The highest BCUT2D eigenvalue weighted by Gasteiger charge is 2.24. The molecule has 1 N–H and O–H groups in total. The SMILES string of the molecule is [c]1cccc(CN2CCC(c3nc(-c4ccncc4)n[nH]3)CC2)c1-c1ccccc1. The maximum Gasteiger partial charge on any atom is 0.181 e. The van der Waals surface area contributed by atoms with Gasteiger partial charge < -0.3 is 0 Å². The van der Waals surface area contributed by atoms with E-state index in [2.05, 4.69) is 68.6 Å². The molecule has 1 aliphatic heterocycles. The van der Waals surface area contributed by atoms with Crippen LogP contribution in [0.15, 0.2) is 73.1 Å². The van der Waals surface area contributed by atoms with E-state index < -0.39 is 0 Å². The lowest BCUT2D eigenvalue weighted by Crippen LogP contribution is -2.33. The summed E-state index contributed by atoms with van der Waals surface area (Å²) in [5, 5.41) is 7.58. The molecule has 0 bridgehead atoms. The van der Waals surface area contributed by atoms with Gasteiger partial charge in [-0.2, -0.15) is 5.10 Å². The zero-order valence-electron chi connectivity index (χ0n) is 16.8. The summed E-state index contributed by atoms with van der Waals surface area (Å²) >= 11 is 0. The minimum Gasteiger partial charge on any atom is -0.299 e. The van der Waals surface area contributed by atoms with Gasteiger partial charge in [-0.05, 0) is 60.8 Å². The molecule has 149 valence electrons. The van der Waals surface area contributed by atoms with Gasteiger partial charge in [0.2, 0.25) is 0 Å². The summed E-state index contributed by atoms with van der Waals surface area (Å²) in [4.78, 5) is 11.3. The third-order valence-corrected chi connectivity index (χ3v) is 5.81. The van der Waals surface area contributed by atoms with Crippen molar-refractivity contribution in [2.45, 2.75) is 25.3 Å². The molecule has 1 radical (unpaired) electrons. The fraction of sp³-hybridized carbons (Fsp3) is 0.240. The Labute approximate surface area is 176 Å². The second-order valence-electron chi connectivity index (χ2n) is 7.77. The highest BCUT2D eigenvalue weighted by Crippen LogP contribution is 2.29. The summed E-state index contributed by atoms with van der Waals surface area (Å²) in [5.41, 5.74) is 4.77. The number of nitrogens with one attached hydrogen (secondary N) is 1. The van der Waals surface area contributed by atoms with Crippen molar-refractivity contribution in [1.82, 2.24) is 25.1 Å². The van der Waals surface area contributed by atoms with E-state index in [0.717, 1.165) is 49.7 Å². The van der Waals surface area contributed by atoms with Crippen LogP contribution in [0.5, 0.6) is 0 Å². The zero-order chi connectivity index (χ0) is 20.2. The van der Waals surface area contributed by atoms with Gasteiger partial charge in [-0.3, -0.25) is 15.0 Å². The van der Waals surface area contributed by atoms with E-state index in [0.29, 0.717) is 5.92 Å². The molecule has 0 aliphatic carbocycles. The highest BCUT2D eigenvalue weighted by molar-refractivity contribution is 5.66. The molecule has 0 amide bonds. The average molecular weight is 395 g/mol. The molecule has 5 rings (SSSR count). The molecule has 5 nitrogen and oxygen atoms in total. The van der Waals surface area contributed by atoms with Crippen LogP contribution in [-0.4, -0.2) is 38.2 Å². The van der Waals surface area contributed by atoms with Gasteiger partial charge in [0.25, 0.3) is 0 Å². The molecule has 0 spiro atoms. The summed E-state index contributed by atoms with van der Waals surface area (Å²) in [5.74, 6) is 2.18. The summed E-state index contributed by atoms with van der Waals surface area (Å²) in [7, 11) is 0. The lowest BCUT2D eigenvalue weighted by Gasteiger charge is -2.31. The minimum absolute atomic E-state index is 0.431. The number of pyridine rings is 1. The van der Waals surface area contributed by atoms with Crippen molar-refractivity contribution in [2.24, 2.45) is 0 Å². The Morgan fingerprint density at radius 2 is 1.73 bits per heavy atom. The molecule has 2 aromatic carbocycles. The van der Waals surface area contributed by atoms with Crippen molar-refractivity contribution in [3.8, 4) is 22.5 Å². The largest absolute Gasteiger partial charge is 0.299 e. The Morgan fingerprint density at radius 1 is 0.933 bits per heavy atom. The van der Waals surface area contributed by atoms with Crippen LogP contribution in [0.25, 0.3) is 22.5 Å². The van der Waals surface area contributed by atoms with Gasteiger partial charge in [0.15, 0.2) is 5.82 Å². The fourth-order valence-corrected chi connectivity index (χ4v) is 4.17. The first kappa shape index (κ1) is 18.7. The standard InChI is InChI=1S/C25H24N5/c1-2-6-19(7-3-1)23-9-5-4-8-22(23)18-30-16-12-21(13-17-30)25-27-24(28-29-25)20-10-14-26-15-11-20/h1-8,10-11,14-15,21H,12-13,16-18H2,(H,27,28,29). The maximum absolute atomic E-state index is 4.75. The van der Waals surface area contributed by atoms with E-state index in [1.54, 1.807) is 12.4 Å². The van der Waals surface area contributed by atoms with Crippen LogP contribution in [0.4, 0.5) is 0 Å². The number of hydrogen-bond donors (Lipinski definition) is 1. The smallest absolute Gasteiger partial charge is 0.181 e. The van der Waals surface area contributed by atoms with Crippen LogP contribution in [0.1, 0.15) is 30.1 Å². The maximum atomic E-state index is 4.75. The number of aromatic amines is 1. The quantitative estimate of drug-likeness (QED) is 0.532. The van der Waals surface area contributed by atoms with Crippen molar-refractivity contribution in [3.63, 3.8) is 0 Å². The van der Waals surface area contributed by atoms with Crippen LogP contribution in [0, 0.1) is 6.07 Å². The molecule has 1 saturated heterocycles. The molecule has 0 atom stereocenters. The fourth-order valence-electron chi connectivity index (χ4n) is 4.17. The third-order valence-electron chi connectivity index (χ3n) is 5.81. The normalized spacial score (nSPS) is 15.3. The predicted octanol–water partition coefficient (Wildman–Crippen LogP) is 4.71. The number of aromatic nitrogens is 4. The topological polar surface area (TPSA) is 57.7 Å². The highest BCUT2D eigenvalue weighted by atomic mass is 15.2. The van der Waals surface area contributed by atoms with Crippen molar-refractivity contribution < 1.29 is 0 Å². The van der Waals surface area contributed by atoms with Crippen LogP contribution < -0.4 is 0 Å². The summed E-state index contributed by atoms with van der Waals surface area (Å²) < 4.78 is 0. The second kappa shape index (κ2) is 8.59. The molecule has 2 aromatic heterocycles. The molecule has 30 heavy (non-hydrogen) atoms. The van der Waals surface area contributed by atoms with E-state index in [4.69, 9.17) is 4.98 Å². The lowest BCUT2D eigenvalue weighted by atomic mass is 9.94. The van der Waals surface area contributed by atoms with Gasteiger partial charge in [-0.1, -0.05) is 48.5 Å². The van der Waals surface area contributed by atoms with Gasteiger partial charge in [0.1, 0.15) is 5.82 Å². The second-order valence-corrected chi connectivity index (χ2v) is 7.77. The monoisotopic (exact) mass is 394 g/mol. The van der Waals surface area contributed by atoms with Gasteiger partial charge in [-0.15, -0.1) is 0 Å². The van der Waals surface area contributed by atoms with E-state index in [9.17, 15) is 0 Å². The van der Waals surface area contributed by atoms with E-state index in [1.165, 1.54) is 16.7 Å². The van der Waals surface area contributed by atoms with E-state index in [1.807, 2.05) is 18.2 Å². The lowest BCUT2D eigenvalue weighted by molar-refractivity contribution is 0.202. The zero-order valence-corrected chi connectivity index (χ0v) is 16.8. The molecular weight excluding hydrogens is 370 g/mol. The van der Waals surface area contributed by atoms with Crippen LogP contribution in [0.3, 0.4) is 0 Å². The first-order valence-corrected chi connectivity index (χ1v) is 10.5.